The van der Waals surface area contributed by atoms with Gasteiger partial charge < -0.3 is 19.7 Å². The van der Waals surface area contributed by atoms with Crippen LogP contribution >= 0.6 is 27.3 Å². The number of hydrogen-bond acceptors (Lipinski definition) is 7. The van der Waals surface area contributed by atoms with Crippen molar-refractivity contribution in [2.45, 2.75) is 58.3 Å². The third-order valence-corrected chi connectivity index (χ3v) is 7.13. The number of nitrogens with zero attached hydrogens (tertiary/aromatic N) is 3. The fraction of sp³-hybridized carbons (Fsp3) is 0.500. The zero-order chi connectivity index (χ0) is 24.9. The van der Waals surface area contributed by atoms with Crippen molar-refractivity contribution in [3.63, 3.8) is 0 Å². The molecule has 0 bridgehead atoms. The van der Waals surface area contributed by atoms with Crippen LogP contribution in [0.15, 0.2) is 28.9 Å². The maximum absolute atomic E-state index is 12.9. The predicted molar refractivity (Wildman–Crippen MR) is 133 cm³/mol. The van der Waals surface area contributed by atoms with E-state index in [2.05, 4.69) is 32.3 Å². The number of carbonyl (C=O) groups excluding carboxylic acids is 2. The zero-order valence-corrected chi connectivity index (χ0v) is 22.2. The van der Waals surface area contributed by atoms with E-state index in [-0.39, 0.29) is 6.54 Å². The van der Waals surface area contributed by atoms with Gasteiger partial charge in [0.25, 0.3) is 5.91 Å². The summed E-state index contributed by atoms with van der Waals surface area (Å²) in [6.45, 7) is 8.27. The standard InChI is InChI=1S/C24H29BrN4O4S/c1-15-20(25)28-22(34-15)17-8-6-16(7-9-17)12-18(13-26)27-21(30)19-14-29(10-5-11-32-19)23(31)33-24(2,3)4/h6-9,18-19H,5,10-12,14H2,1-4H3,(H,27,30)/t18-,19-/m0/s1. The molecular formula is C24H29BrN4O4S. The van der Waals surface area contributed by atoms with Gasteiger partial charge >= 0.3 is 6.09 Å². The molecule has 182 valence electrons. The van der Waals surface area contributed by atoms with Gasteiger partial charge in [-0.25, -0.2) is 9.78 Å². The molecule has 1 aliphatic heterocycles. The molecule has 0 unspecified atom stereocenters. The van der Waals surface area contributed by atoms with Crippen LogP contribution < -0.4 is 5.32 Å². The number of hydrogen-bond donors (Lipinski definition) is 1. The Kier molecular flexibility index (Phi) is 8.68. The van der Waals surface area contributed by atoms with Gasteiger partial charge in [-0.15, -0.1) is 11.3 Å². The lowest BCUT2D eigenvalue weighted by molar-refractivity contribution is -0.133. The Morgan fingerprint density at radius 3 is 2.68 bits per heavy atom. The van der Waals surface area contributed by atoms with Crippen LogP contribution in [0.4, 0.5) is 4.79 Å². The molecule has 2 atom stereocenters. The lowest BCUT2D eigenvalue weighted by atomic mass is 10.0. The maximum atomic E-state index is 12.9. The lowest BCUT2D eigenvalue weighted by Gasteiger charge is -2.27. The normalized spacial score (nSPS) is 17.4. The first-order valence-corrected chi connectivity index (χ1v) is 12.7. The molecule has 3 rings (SSSR count). The lowest BCUT2D eigenvalue weighted by Crippen LogP contribution is -2.48. The highest BCUT2D eigenvalue weighted by Gasteiger charge is 2.31. The summed E-state index contributed by atoms with van der Waals surface area (Å²) in [4.78, 5) is 32.4. The Bertz CT molecular complexity index is 1040. The van der Waals surface area contributed by atoms with E-state index in [4.69, 9.17) is 9.47 Å². The number of amides is 2. The second-order valence-electron chi connectivity index (χ2n) is 9.10. The number of nitriles is 1. The van der Waals surface area contributed by atoms with Crippen molar-refractivity contribution < 1.29 is 19.1 Å². The number of benzene rings is 1. The van der Waals surface area contributed by atoms with E-state index in [0.717, 1.165) is 25.6 Å². The third-order valence-electron chi connectivity index (χ3n) is 5.07. The molecule has 2 aromatic rings. The Morgan fingerprint density at radius 2 is 2.09 bits per heavy atom. The number of aryl methyl sites for hydroxylation is 1. The summed E-state index contributed by atoms with van der Waals surface area (Å²) in [6.07, 6.45) is -0.382. The minimum Gasteiger partial charge on any atom is -0.444 e. The largest absolute Gasteiger partial charge is 0.444 e. The first-order chi connectivity index (χ1) is 16.1. The molecule has 34 heavy (non-hydrogen) atoms. The monoisotopic (exact) mass is 548 g/mol. The average Bonchev–Trinajstić information content (AvgIpc) is 2.97. The quantitative estimate of drug-likeness (QED) is 0.591. The van der Waals surface area contributed by atoms with Crippen molar-refractivity contribution >= 4 is 39.3 Å². The number of thiazole rings is 1. The number of carbonyl (C=O) groups is 2. The Balaban J connectivity index is 1.60. The van der Waals surface area contributed by atoms with Gasteiger partial charge in [0.2, 0.25) is 0 Å². The molecule has 1 N–H and O–H groups in total. The molecule has 1 aromatic heterocycles. The van der Waals surface area contributed by atoms with Crippen molar-refractivity contribution in [3.05, 3.63) is 39.3 Å². The van der Waals surface area contributed by atoms with Crippen molar-refractivity contribution in [2.75, 3.05) is 19.7 Å². The fourth-order valence-corrected chi connectivity index (χ4v) is 4.74. The molecule has 8 nitrogen and oxygen atoms in total. The summed E-state index contributed by atoms with van der Waals surface area (Å²) in [5, 5.41) is 13.3. The molecule has 1 saturated heterocycles. The van der Waals surface area contributed by atoms with Crippen molar-refractivity contribution in [1.29, 1.82) is 5.26 Å². The van der Waals surface area contributed by atoms with Crippen LogP contribution in [-0.2, 0) is 20.7 Å². The first-order valence-electron chi connectivity index (χ1n) is 11.1. The molecule has 1 fully saturated rings. The minimum atomic E-state index is -0.861. The smallest absolute Gasteiger partial charge is 0.410 e. The molecule has 0 radical (unpaired) electrons. The van der Waals surface area contributed by atoms with E-state index in [1.54, 1.807) is 32.1 Å². The van der Waals surface area contributed by atoms with Crippen LogP contribution in [0.25, 0.3) is 10.6 Å². The van der Waals surface area contributed by atoms with Crippen molar-refractivity contribution in [3.8, 4) is 16.6 Å². The van der Waals surface area contributed by atoms with Gasteiger partial charge in [0, 0.05) is 30.0 Å². The van der Waals surface area contributed by atoms with Gasteiger partial charge in [0.05, 0.1) is 12.6 Å². The summed E-state index contributed by atoms with van der Waals surface area (Å²) in [5.41, 5.74) is 1.28. The SMILES string of the molecule is Cc1sc(-c2ccc(C[C@@H](C#N)NC(=O)[C@@H]3CN(C(=O)OC(C)(C)C)CCCO3)cc2)nc1Br. The molecule has 0 aliphatic carbocycles. The molecule has 0 spiro atoms. The third kappa shape index (κ3) is 7.26. The summed E-state index contributed by atoms with van der Waals surface area (Å²) in [7, 11) is 0. The Morgan fingerprint density at radius 1 is 1.38 bits per heavy atom. The molecule has 10 heteroatoms. The predicted octanol–water partition coefficient (Wildman–Crippen LogP) is 4.46. The number of ether oxygens (including phenoxy) is 2. The van der Waals surface area contributed by atoms with Crippen LogP contribution in [0, 0.1) is 18.3 Å². The molecule has 1 aliphatic rings. The van der Waals surface area contributed by atoms with E-state index in [9.17, 15) is 14.9 Å². The van der Waals surface area contributed by atoms with Gasteiger partial charge in [-0.2, -0.15) is 5.26 Å². The van der Waals surface area contributed by atoms with Gasteiger partial charge in [0.15, 0.2) is 6.10 Å². The second kappa shape index (κ2) is 11.3. The van der Waals surface area contributed by atoms with E-state index in [1.807, 2.05) is 31.2 Å². The number of rotatable bonds is 5. The highest BCUT2D eigenvalue weighted by atomic mass is 79.9. The zero-order valence-electron chi connectivity index (χ0n) is 19.8. The molecule has 0 saturated carbocycles. The Hall–Kier alpha value is -2.48. The van der Waals surface area contributed by atoms with E-state index < -0.39 is 29.7 Å². The van der Waals surface area contributed by atoms with Crippen LogP contribution in [0.1, 0.15) is 37.6 Å². The van der Waals surface area contributed by atoms with Crippen LogP contribution in [0.5, 0.6) is 0 Å². The van der Waals surface area contributed by atoms with Gasteiger partial charge in [-0.1, -0.05) is 24.3 Å². The highest BCUT2D eigenvalue weighted by molar-refractivity contribution is 9.10. The van der Waals surface area contributed by atoms with Gasteiger partial charge in [-0.05, 0) is 55.6 Å². The average molecular weight is 549 g/mol. The molecule has 2 heterocycles. The minimum absolute atomic E-state index is 0.0797. The summed E-state index contributed by atoms with van der Waals surface area (Å²) < 4.78 is 11.9. The molecule has 1 aromatic carbocycles. The van der Waals surface area contributed by atoms with E-state index in [0.29, 0.717) is 26.0 Å². The van der Waals surface area contributed by atoms with Gasteiger partial charge in [-0.3, -0.25) is 4.79 Å². The highest BCUT2D eigenvalue weighted by Crippen LogP contribution is 2.30. The van der Waals surface area contributed by atoms with E-state index >= 15 is 0 Å². The Labute approximate surface area is 212 Å². The number of halogens is 1. The fourth-order valence-electron chi connectivity index (χ4n) is 3.39. The van der Waals surface area contributed by atoms with Crippen LogP contribution in [-0.4, -0.2) is 59.3 Å². The van der Waals surface area contributed by atoms with E-state index in [1.165, 1.54) is 4.90 Å². The number of aromatic nitrogens is 1. The molecule has 2 amide bonds. The summed E-state index contributed by atoms with van der Waals surface area (Å²) in [5.74, 6) is -0.415. The van der Waals surface area contributed by atoms with Crippen LogP contribution in [0.2, 0.25) is 0 Å². The number of nitrogens with one attached hydrogen (secondary N) is 1. The summed E-state index contributed by atoms with van der Waals surface area (Å²) >= 11 is 5.04. The second-order valence-corrected chi connectivity index (χ2v) is 11.1. The summed E-state index contributed by atoms with van der Waals surface area (Å²) in [6, 6.07) is 9.21. The topological polar surface area (TPSA) is 105 Å². The van der Waals surface area contributed by atoms with Gasteiger partial charge in [0.1, 0.15) is 21.3 Å². The van der Waals surface area contributed by atoms with Crippen molar-refractivity contribution in [1.82, 2.24) is 15.2 Å². The molecular weight excluding hydrogens is 520 g/mol. The van der Waals surface area contributed by atoms with Crippen LogP contribution in [0.3, 0.4) is 0 Å². The maximum Gasteiger partial charge on any atom is 0.410 e. The van der Waals surface area contributed by atoms with Crippen molar-refractivity contribution in [2.24, 2.45) is 0 Å². The first kappa shape index (κ1) is 26.1.